The van der Waals surface area contributed by atoms with Gasteiger partial charge in [-0.25, -0.2) is 4.98 Å². The molecule has 1 heterocycles. The highest BCUT2D eigenvalue weighted by atomic mass is 16.3. The fourth-order valence-electron chi connectivity index (χ4n) is 1.24. The second-order valence-corrected chi connectivity index (χ2v) is 3.08. The molecule has 5 heteroatoms. The van der Waals surface area contributed by atoms with E-state index in [2.05, 4.69) is 4.98 Å². The van der Waals surface area contributed by atoms with Crippen LogP contribution in [-0.4, -0.2) is 46.4 Å². The lowest BCUT2D eigenvalue weighted by Crippen LogP contribution is -2.29. The van der Waals surface area contributed by atoms with Crippen LogP contribution in [0.4, 0.5) is 0 Å². The first-order valence-electron chi connectivity index (χ1n) is 4.61. The molecule has 0 unspecified atom stereocenters. The van der Waals surface area contributed by atoms with E-state index in [0.717, 1.165) is 11.5 Å². The molecule has 1 aromatic rings. The molecule has 0 bridgehead atoms. The van der Waals surface area contributed by atoms with Gasteiger partial charge in [0, 0.05) is 19.6 Å². The molecule has 80 valence electrons. The van der Waals surface area contributed by atoms with Crippen LogP contribution in [0.2, 0.25) is 0 Å². The SMILES string of the molecule is Cc1ocnc1CN(CCO)CCO. The normalized spacial score (nSPS) is 11.1. The zero-order valence-electron chi connectivity index (χ0n) is 8.31. The van der Waals surface area contributed by atoms with Gasteiger partial charge in [-0.1, -0.05) is 0 Å². The Balaban J connectivity index is 2.50. The third kappa shape index (κ3) is 3.10. The first-order valence-corrected chi connectivity index (χ1v) is 4.61. The van der Waals surface area contributed by atoms with E-state index in [4.69, 9.17) is 14.6 Å². The molecule has 1 aromatic heterocycles. The topological polar surface area (TPSA) is 69.7 Å². The number of nitrogens with zero attached hydrogens (tertiary/aromatic N) is 2. The monoisotopic (exact) mass is 200 g/mol. The summed E-state index contributed by atoms with van der Waals surface area (Å²) in [5, 5.41) is 17.6. The number of aliphatic hydroxyl groups excluding tert-OH is 2. The third-order valence-electron chi connectivity index (χ3n) is 2.05. The van der Waals surface area contributed by atoms with E-state index in [1.165, 1.54) is 6.39 Å². The van der Waals surface area contributed by atoms with Crippen LogP contribution in [0.3, 0.4) is 0 Å². The zero-order chi connectivity index (χ0) is 10.4. The molecule has 0 radical (unpaired) electrons. The Kier molecular flexibility index (Phi) is 4.58. The van der Waals surface area contributed by atoms with Crippen molar-refractivity contribution in [1.29, 1.82) is 0 Å². The highest BCUT2D eigenvalue weighted by molar-refractivity contribution is 5.04. The lowest BCUT2D eigenvalue weighted by atomic mass is 10.3. The predicted octanol–water partition coefficient (Wildman–Crippen LogP) is -0.230. The molecule has 14 heavy (non-hydrogen) atoms. The summed E-state index contributed by atoms with van der Waals surface area (Å²) in [5.41, 5.74) is 0.854. The average Bonchev–Trinajstić information content (AvgIpc) is 2.53. The molecule has 1 rings (SSSR count). The fraction of sp³-hybridized carbons (Fsp3) is 0.667. The number of hydrogen-bond donors (Lipinski definition) is 2. The van der Waals surface area contributed by atoms with Gasteiger partial charge in [0.15, 0.2) is 6.39 Å². The first kappa shape index (κ1) is 11.2. The summed E-state index contributed by atoms with van der Waals surface area (Å²) < 4.78 is 5.06. The summed E-state index contributed by atoms with van der Waals surface area (Å²) in [6.45, 7) is 3.68. The standard InChI is InChI=1S/C9H16N2O3/c1-8-9(10-7-14-8)6-11(2-4-12)3-5-13/h7,12-13H,2-6H2,1H3. The predicted molar refractivity (Wildman–Crippen MR) is 50.7 cm³/mol. The van der Waals surface area contributed by atoms with Gasteiger partial charge in [-0.2, -0.15) is 0 Å². The van der Waals surface area contributed by atoms with Crippen molar-refractivity contribution in [2.75, 3.05) is 26.3 Å². The number of hydrogen-bond acceptors (Lipinski definition) is 5. The van der Waals surface area contributed by atoms with Crippen LogP contribution < -0.4 is 0 Å². The second kappa shape index (κ2) is 5.74. The van der Waals surface area contributed by atoms with Gasteiger partial charge in [0.1, 0.15) is 5.76 Å². The minimum absolute atomic E-state index is 0.0803. The lowest BCUT2D eigenvalue weighted by molar-refractivity contribution is 0.154. The van der Waals surface area contributed by atoms with Crippen LogP contribution in [0.25, 0.3) is 0 Å². The molecule has 0 aliphatic rings. The Morgan fingerprint density at radius 1 is 1.36 bits per heavy atom. The van der Waals surface area contributed by atoms with E-state index in [0.29, 0.717) is 19.6 Å². The molecule has 0 aromatic carbocycles. The van der Waals surface area contributed by atoms with E-state index in [9.17, 15) is 0 Å². The summed E-state index contributed by atoms with van der Waals surface area (Å²) in [6, 6.07) is 0. The van der Waals surface area contributed by atoms with Crippen molar-refractivity contribution in [3.63, 3.8) is 0 Å². The summed E-state index contributed by atoms with van der Waals surface area (Å²) in [5.74, 6) is 0.783. The summed E-state index contributed by atoms with van der Waals surface area (Å²) >= 11 is 0. The minimum atomic E-state index is 0.0803. The van der Waals surface area contributed by atoms with Gasteiger partial charge in [-0.3, -0.25) is 4.90 Å². The van der Waals surface area contributed by atoms with Gasteiger partial charge in [0.05, 0.1) is 18.9 Å². The van der Waals surface area contributed by atoms with Crippen LogP contribution in [-0.2, 0) is 6.54 Å². The summed E-state index contributed by atoms with van der Waals surface area (Å²) in [4.78, 5) is 5.97. The highest BCUT2D eigenvalue weighted by Crippen LogP contribution is 2.07. The third-order valence-corrected chi connectivity index (χ3v) is 2.05. The Bertz CT molecular complexity index is 256. The maximum Gasteiger partial charge on any atom is 0.181 e. The Morgan fingerprint density at radius 3 is 2.43 bits per heavy atom. The maximum absolute atomic E-state index is 8.79. The van der Waals surface area contributed by atoms with Crippen molar-refractivity contribution >= 4 is 0 Å². The Hall–Kier alpha value is -0.910. The molecular weight excluding hydrogens is 184 g/mol. The van der Waals surface area contributed by atoms with Gasteiger partial charge < -0.3 is 14.6 Å². The van der Waals surface area contributed by atoms with Crippen molar-refractivity contribution < 1.29 is 14.6 Å². The Labute approximate surface area is 83.0 Å². The van der Waals surface area contributed by atoms with Crippen LogP contribution in [0, 0.1) is 6.92 Å². The molecule has 0 saturated carbocycles. The van der Waals surface area contributed by atoms with Gasteiger partial charge in [-0.15, -0.1) is 0 Å². The molecule has 0 atom stereocenters. The van der Waals surface area contributed by atoms with Gasteiger partial charge in [0.25, 0.3) is 0 Å². The van der Waals surface area contributed by atoms with E-state index < -0.39 is 0 Å². The van der Waals surface area contributed by atoms with Crippen molar-refractivity contribution in [3.05, 3.63) is 17.8 Å². The maximum atomic E-state index is 8.79. The van der Waals surface area contributed by atoms with Crippen molar-refractivity contribution in [2.24, 2.45) is 0 Å². The van der Waals surface area contributed by atoms with Gasteiger partial charge in [-0.05, 0) is 6.92 Å². The molecular formula is C9H16N2O3. The van der Waals surface area contributed by atoms with E-state index >= 15 is 0 Å². The van der Waals surface area contributed by atoms with E-state index in [-0.39, 0.29) is 13.2 Å². The zero-order valence-corrected chi connectivity index (χ0v) is 8.31. The van der Waals surface area contributed by atoms with E-state index in [1.54, 1.807) is 0 Å². The smallest absolute Gasteiger partial charge is 0.181 e. The average molecular weight is 200 g/mol. The van der Waals surface area contributed by atoms with Crippen LogP contribution >= 0.6 is 0 Å². The van der Waals surface area contributed by atoms with Crippen LogP contribution in [0.15, 0.2) is 10.8 Å². The number of oxazole rings is 1. The molecule has 0 aliphatic carbocycles. The molecule has 0 amide bonds. The number of aliphatic hydroxyl groups is 2. The number of rotatable bonds is 6. The van der Waals surface area contributed by atoms with Crippen LogP contribution in [0.1, 0.15) is 11.5 Å². The highest BCUT2D eigenvalue weighted by Gasteiger charge is 2.09. The molecule has 0 aliphatic heterocycles. The van der Waals surface area contributed by atoms with Gasteiger partial charge >= 0.3 is 0 Å². The molecule has 0 saturated heterocycles. The molecule has 0 spiro atoms. The quantitative estimate of drug-likeness (QED) is 0.663. The Morgan fingerprint density at radius 2 is 2.00 bits per heavy atom. The minimum Gasteiger partial charge on any atom is -0.448 e. The largest absolute Gasteiger partial charge is 0.448 e. The first-order chi connectivity index (χ1) is 6.77. The van der Waals surface area contributed by atoms with E-state index in [1.807, 2.05) is 11.8 Å². The second-order valence-electron chi connectivity index (χ2n) is 3.08. The van der Waals surface area contributed by atoms with Gasteiger partial charge in [0.2, 0.25) is 0 Å². The molecule has 2 N–H and O–H groups in total. The summed E-state index contributed by atoms with van der Waals surface area (Å²) in [7, 11) is 0. The van der Waals surface area contributed by atoms with Crippen LogP contribution in [0.5, 0.6) is 0 Å². The fourth-order valence-corrected chi connectivity index (χ4v) is 1.24. The number of aromatic nitrogens is 1. The lowest BCUT2D eigenvalue weighted by Gasteiger charge is -2.18. The van der Waals surface area contributed by atoms with Crippen molar-refractivity contribution in [2.45, 2.75) is 13.5 Å². The molecule has 5 nitrogen and oxygen atoms in total. The van der Waals surface area contributed by atoms with Crippen molar-refractivity contribution in [1.82, 2.24) is 9.88 Å². The van der Waals surface area contributed by atoms with Crippen molar-refractivity contribution in [3.8, 4) is 0 Å². The molecule has 0 fully saturated rings. The summed E-state index contributed by atoms with van der Waals surface area (Å²) in [6.07, 6.45) is 1.40. The number of aryl methyl sites for hydroxylation is 1.